The van der Waals surface area contributed by atoms with E-state index in [1.165, 1.54) is 4.31 Å². The van der Waals surface area contributed by atoms with Crippen molar-refractivity contribution < 1.29 is 12.8 Å². The number of aryl methyl sites for hydroxylation is 2. The van der Waals surface area contributed by atoms with Crippen molar-refractivity contribution in [2.75, 3.05) is 0 Å². The predicted molar refractivity (Wildman–Crippen MR) is 146 cm³/mol. The zero-order valence-electron chi connectivity index (χ0n) is 19.6. The van der Waals surface area contributed by atoms with Crippen LogP contribution in [0.25, 0.3) is 0 Å². The largest absolute Gasteiger partial charge is 0.459 e. The molecule has 0 amide bonds. The van der Waals surface area contributed by atoms with E-state index in [0.29, 0.717) is 37.8 Å². The minimum atomic E-state index is -3.84. The molecule has 3 aromatic carbocycles. The molecule has 0 N–H and O–H groups in total. The molecule has 0 atom stereocenters. The maximum atomic E-state index is 13.6. The molecule has 0 radical (unpaired) electrons. The molecule has 186 valence electrons. The van der Waals surface area contributed by atoms with Crippen LogP contribution in [0.3, 0.4) is 0 Å². The second-order valence-corrected chi connectivity index (χ2v) is 11.5. The number of sulfonamides is 1. The van der Waals surface area contributed by atoms with Crippen LogP contribution in [0.15, 0.2) is 87.1 Å². The Morgan fingerprint density at radius 3 is 2.28 bits per heavy atom. The standard InChI is InChI=1S/C27H23Cl3N2O3S/c1-18-3-10-24(11-4-18)36(33,34)32(16-20-6-12-25(28)27(30)13-20)17-23-9-8-22(35-23)15-31-21-7-5-19(2)26(29)14-21/h3-15H,16-17H2,1-2H3. The molecule has 1 heterocycles. The Balaban J connectivity index is 1.60. The lowest BCUT2D eigenvalue weighted by molar-refractivity contribution is 0.357. The Bertz CT molecular complexity index is 1510. The van der Waals surface area contributed by atoms with Crippen LogP contribution >= 0.6 is 34.8 Å². The highest BCUT2D eigenvalue weighted by atomic mass is 35.5. The number of hydrogen-bond donors (Lipinski definition) is 0. The molecule has 4 aromatic rings. The average molecular weight is 562 g/mol. The molecule has 0 bridgehead atoms. The van der Waals surface area contributed by atoms with E-state index in [9.17, 15) is 8.42 Å². The predicted octanol–water partition coefficient (Wildman–Crippen LogP) is 8.00. The first kappa shape index (κ1) is 26.5. The quantitative estimate of drug-likeness (QED) is 0.205. The summed E-state index contributed by atoms with van der Waals surface area (Å²) in [7, 11) is -3.84. The van der Waals surface area contributed by atoms with Gasteiger partial charge in [-0.05, 0) is 73.5 Å². The number of furan rings is 1. The summed E-state index contributed by atoms with van der Waals surface area (Å²) in [4.78, 5) is 4.59. The van der Waals surface area contributed by atoms with Crippen molar-refractivity contribution >= 4 is 56.7 Å². The monoisotopic (exact) mass is 560 g/mol. The van der Waals surface area contributed by atoms with Crippen LogP contribution in [0.5, 0.6) is 0 Å². The lowest BCUT2D eigenvalue weighted by Crippen LogP contribution is -2.30. The highest BCUT2D eigenvalue weighted by Gasteiger charge is 2.26. The first-order chi connectivity index (χ1) is 17.1. The molecule has 0 saturated heterocycles. The zero-order chi connectivity index (χ0) is 25.9. The second-order valence-electron chi connectivity index (χ2n) is 8.33. The SMILES string of the molecule is Cc1ccc(S(=O)(=O)N(Cc2ccc(Cl)c(Cl)c2)Cc2ccc(C=Nc3ccc(C)c(Cl)c3)o2)cc1. The van der Waals surface area contributed by atoms with Gasteiger partial charge in [0.1, 0.15) is 11.5 Å². The molecule has 0 fully saturated rings. The summed E-state index contributed by atoms with van der Waals surface area (Å²) >= 11 is 18.4. The van der Waals surface area contributed by atoms with Gasteiger partial charge in [-0.1, -0.05) is 64.6 Å². The number of aliphatic imine (C=N–C) groups is 1. The minimum Gasteiger partial charge on any atom is -0.459 e. The van der Waals surface area contributed by atoms with Gasteiger partial charge in [0.15, 0.2) is 0 Å². The van der Waals surface area contributed by atoms with Gasteiger partial charge in [0.25, 0.3) is 0 Å². The van der Waals surface area contributed by atoms with Crippen LogP contribution in [0, 0.1) is 13.8 Å². The van der Waals surface area contributed by atoms with Crippen LogP contribution in [-0.2, 0) is 23.1 Å². The third kappa shape index (κ3) is 6.38. The van der Waals surface area contributed by atoms with Crippen molar-refractivity contribution in [3.8, 4) is 0 Å². The summed E-state index contributed by atoms with van der Waals surface area (Å²) in [5.74, 6) is 0.957. The van der Waals surface area contributed by atoms with Crippen LogP contribution in [-0.4, -0.2) is 18.9 Å². The fraction of sp³-hybridized carbons (Fsp3) is 0.148. The van der Waals surface area contributed by atoms with Gasteiger partial charge in [-0.15, -0.1) is 0 Å². The van der Waals surface area contributed by atoms with Gasteiger partial charge in [-0.3, -0.25) is 4.99 Å². The number of nitrogens with zero attached hydrogens (tertiary/aromatic N) is 2. The first-order valence-corrected chi connectivity index (χ1v) is 13.6. The van der Waals surface area contributed by atoms with E-state index in [-0.39, 0.29) is 18.0 Å². The molecule has 36 heavy (non-hydrogen) atoms. The van der Waals surface area contributed by atoms with Gasteiger partial charge >= 0.3 is 0 Å². The van der Waals surface area contributed by atoms with Crippen molar-refractivity contribution in [2.45, 2.75) is 31.8 Å². The molecule has 4 rings (SSSR count). The van der Waals surface area contributed by atoms with E-state index >= 15 is 0 Å². The van der Waals surface area contributed by atoms with Crippen molar-refractivity contribution in [1.29, 1.82) is 0 Å². The number of benzene rings is 3. The maximum absolute atomic E-state index is 13.6. The van der Waals surface area contributed by atoms with Gasteiger partial charge in [0.2, 0.25) is 10.0 Å². The topological polar surface area (TPSA) is 62.9 Å². The van der Waals surface area contributed by atoms with E-state index in [2.05, 4.69) is 4.99 Å². The fourth-order valence-electron chi connectivity index (χ4n) is 3.45. The Labute approximate surface area is 226 Å². The van der Waals surface area contributed by atoms with Gasteiger partial charge in [0.05, 0.1) is 33.4 Å². The molecule has 0 aliphatic rings. The summed E-state index contributed by atoms with van der Waals surface area (Å²) in [6, 6.07) is 20.8. The van der Waals surface area contributed by atoms with Gasteiger partial charge in [0, 0.05) is 11.6 Å². The van der Waals surface area contributed by atoms with Crippen molar-refractivity contribution in [2.24, 2.45) is 4.99 Å². The molecule has 0 saturated carbocycles. The molecular weight excluding hydrogens is 539 g/mol. The Morgan fingerprint density at radius 1 is 0.833 bits per heavy atom. The van der Waals surface area contributed by atoms with E-state index in [1.54, 1.807) is 66.9 Å². The third-order valence-electron chi connectivity index (χ3n) is 5.51. The zero-order valence-corrected chi connectivity index (χ0v) is 22.7. The first-order valence-electron chi connectivity index (χ1n) is 11.0. The normalized spacial score (nSPS) is 12.1. The fourth-order valence-corrected chi connectivity index (χ4v) is 5.34. The molecule has 0 spiro atoms. The lowest BCUT2D eigenvalue weighted by Gasteiger charge is -2.22. The van der Waals surface area contributed by atoms with Crippen molar-refractivity contribution in [3.05, 3.63) is 116 Å². The van der Waals surface area contributed by atoms with E-state index in [1.807, 2.05) is 26.0 Å². The summed E-state index contributed by atoms with van der Waals surface area (Å²) < 4.78 is 34.4. The minimum absolute atomic E-state index is 0.0145. The smallest absolute Gasteiger partial charge is 0.243 e. The summed E-state index contributed by atoms with van der Waals surface area (Å²) in [6.45, 7) is 3.92. The third-order valence-corrected chi connectivity index (χ3v) is 8.46. The van der Waals surface area contributed by atoms with E-state index < -0.39 is 10.0 Å². The van der Waals surface area contributed by atoms with E-state index in [4.69, 9.17) is 39.2 Å². The van der Waals surface area contributed by atoms with Gasteiger partial charge in [-0.2, -0.15) is 4.31 Å². The van der Waals surface area contributed by atoms with Crippen molar-refractivity contribution in [1.82, 2.24) is 4.31 Å². The highest BCUT2D eigenvalue weighted by Crippen LogP contribution is 2.27. The van der Waals surface area contributed by atoms with E-state index in [0.717, 1.165) is 11.1 Å². The molecule has 1 aromatic heterocycles. The Hall–Kier alpha value is -2.61. The molecule has 5 nitrogen and oxygen atoms in total. The van der Waals surface area contributed by atoms with Crippen LogP contribution in [0.4, 0.5) is 5.69 Å². The summed E-state index contributed by atoms with van der Waals surface area (Å²) in [5.41, 5.74) is 3.32. The van der Waals surface area contributed by atoms with Gasteiger partial charge in [-0.25, -0.2) is 8.42 Å². The number of halogens is 3. The van der Waals surface area contributed by atoms with Crippen LogP contribution in [0.2, 0.25) is 15.1 Å². The lowest BCUT2D eigenvalue weighted by atomic mass is 10.2. The summed E-state index contributed by atoms with van der Waals surface area (Å²) in [5, 5.41) is 1.39. The number of rotatable bonds is 8. The second kappa shape index (κ2) is 11.2. The summed E-state index contributed by atoms with van der Waals surface area (Å²) in [6.07, 6.45) is 1.57. The Morgan fingerprint density at radius 2 is 1.58 bits per heavy atom. The Kier molecular flexibility index (Phi) is 8.23. The molecule has 0 unspecified atom stereocenters. The molecule has 0 aliphatic carbocycles. The average Bonchev–Trinajstić information content (AvgIpc) is 3.29. The highest BCUT2D eigenvalue weighted by molar-refractivity contribution is 7.89. The van der Waals surface area contributed by atoms with Gasteiger partial charge < -0.3 is 4.42 Å². The maximum Gasteiger partial charge on any atom is 0.243 e. The molecule has 0 aliphatic heterocycles. The molecule has 9 heteroatoms. The molecular formula is C27H23Cl3N2O3S. The number of hydrogen-bond acceptors (Lipinski definition) is 4. The van der Waals surface area contributed by atoms with Crippen molar-refractivity contribution in [3.63, 3.8) is 0 Å². The van der Waals surface area contributed by atoms with Crippen LogP contribution < -0.4 is 0 Å². The van der Waals surface area contributed by atoms with Crippen LogP contribution in [0.1, 0.15) is 28.2 Å².